The van der Waals surface area contributed by atoms with Crippen molar-refractivity contribution in [2.45, 2.75) is 20.4 Å². The molecule has 1 aromatic rings. The normalized spacial score (nSPS) is 11.2. The van der Waals surface area contributed by atoms with Gasteiger partial charge in [0, 0.05) is 17.7 Å². The predicted molar refractivity (Wildman–Crippen MR) is 69.0 cm³/mol. The van der Waals surface area contributed by atoms with Gasteiger partial charge in [0.1, 0.15) is 0 Å². The summed E-state index contributed by atoms with van der Waals surface area (Å²) < 4.78 is 0. The summed E-state index contributed by atoms with van der Waals surface area (Å²) >= 11 is 0. The highest BCUT2D eigenvalue weighted by molar-refractivity contribution is 6.01. The van der Waals surface area contributed by atoms with Gasteiger partial charge in [-0.2, -0.15) is 5.26 Å². The van der Waals surface area contributed by atoms with Crippen LogP contribution in [0, 0.1) is 11.3 Å². The third kappa shape index (κ3) is 3.96. The van der Waals surface area contributed by atoms with Crippen LogP contribution in [0.4, 0.5) is 0 Å². The number of nitrogens with zero attached hydrogens (tertiary/aromatic N) is 1. The molecule has 0 aliphatic rings. The number of carbonyl (C=O) groups excluding carboxylic acids is 1. The second-order valence-electron chi connectivity index (χ2n) is 4.05. The summed E-state index contributed by atoms with van der Waals surface area (Å²) in [6.07, 6.45) is 0. The second kappa shape index (κ2) is 6.36. The number of benzene rings is 1. The first kappa shape index (κ1) is 14.5. The van der Waals surface area contributed by atoms with Gasteiger partial charge in [0.15, 0.2) is 0 Å². The number of rotatable bonds is 4. The molecule has 0 aromatic heterocycles. The van der Waals surface area contributed by atoms with Crippen LogP contribution in [-0.4, -0.2) is 17.0 Å². The topological polar surface area (TPSA) is 90.2 Å². The Bertz CT molecular complexity index is 565. The molecule has 0 aliphatic carbocycles. The second-order valence-corrected chi connectivity index (χ2v) is 4.05. The number of hydrogen-bond donors (Lipinski definition) is 2. The average molecular weight is 258 g/mol. The van der Waals surface area contributed by atoms with Gasteiger partial charge in [-0.1, -0.05) is 12.1 Å². The van der Waals surface area contributed by atoms with Crippen molar-refractivity contribution in [3.05, 3.63) is 46.5 Å². The summed E-state index contributed by atoms with van der Waals surface area (Å²) in [6.45, 7) is 3.14. The van der Waals surface area contributed by atoms with Gasteiger partial charge in [-0.05, 0) is 31.5 Å². The van der Waals surface area contributed by atoms with Gasteiger partial charge in [-0.15, -0.1) is 0 Å². The number of carboxylic acid groups (broad SMARTS) is 1. The van der Waals surface area contributed by atoms with Crippen LogP contribution in [-0.2, 0) is 16.1 Å². The van der Waals surface area contributed by atoms with E-state index in [2.05, 4.69) is 5.32 Å². The van der Waals surface area contributed by atoms with Gasteiger partial charge in [-0.3, -0.25) is 4.79 Å². The summed E-state index contributed by atoms with van der Waals surface area (Å²) in [5.74, 6) is -1.52. The minimum Gasteiger partial charge on any atom is -0.478 e. The Balaban J connectivity index is 2.67. The van der Waals surface area contributed by atoms with Crippen LogP contribution in [0.3, 0.4) is 0 Å². The number of carbonyl (C=O) groups is 2. The van der Waals surface area contributed by atoms with Crippen molar-refractivity contribution >= 4 is 11.9 Å². The van der Waals surface area contributed by atoms with E-state index in [9.17, 15) is 9.59 Å². The average Bonchev–Trinajstić information content (AvgIpc) is 2.43. The van der Waals surface area contributed by atoms with E-state index in [0.29, 0.717) is 5.56 Å². The standard InChI is InChI=1S/C14H14N2O3/c1-9(10(2)14(18)19)13(17)16-8-12-5-3-11(7-15)4-6-12/h3-6H,8H2,1-2H3,(H,16,17)(H,18,19). The fraction of sp³-hybridized carbons (Fsp3) is 0.214. The lowest BCUT2D eigenvalue weighted by Gasteiger charge is -2.07. The van der Waals surface area contributed by atoms with Crippen molar-refractivity contribution in [3.8, 4) is 6.07 Å². The largest absolute Gasteiger partial charge is 0.478 e. The van der Waals surface area contributed by atoms with Gasteiger partial charge < -0.3 is 10.4 Å². The maximum Gasteiger partial charge on any atom is 0.331 e. The molecule has 98 valence electrons. The van der Waals surface area contributed by atoms with Gasteiger partial charge in [0.2, 0.25) is 5.91 Å². The molecule has 0 saturated heterocycles. The van der Waals surface area contributed by atoms with E-state index < -0.39 is 11.9 Å². The third-order valence-corrected chi connectivity index (χ3v) is 2.76. The molecular weight excluding hydrogens is 244 g/mol. The zero-order valence-electron chi connectivity index (χ0n) is 10.7. The Morgan fingerprint density at radius 3 is 2.26 bits per heavy atom. The maximum absolute atomic E-state index is 11.7. The quantitative estimate of drug-likeness (QED) is 0.802. The molecule has 0 spiro atoms. The van der Waals surface area contributed by atoms with Crippen LogP contribution < -0.4 is 5.32 Å². The number of nitrogens with one attached hydrogen (secondary N) is 1. The van der Waals surface area contributed by atoms with E-state index >= 15 is 0 Å². The monoisotopic (exact) mass is 258 g/mol. The van der Waals surface area contributed by atoms with E-state index in [0.717, 1.165) is 5.56 Å². The van der Waals surface area contributed by atoms with Gasteiger partial charge in [0.25, 0.3) is 0 Å². The van der Waals surface area contributed by atoms with Crippen LogP contribution in [0.5, 0.6) is 0 Å². The van der Waals surface area contributed by atoms with Crippen LogP contribution in [0.1, 0.15) is 25.0 Å². The van der Waals surface area contributed by atoms with Gasteiger partial charge in [-0.25, -0.2) is 4.79 Å². The van der Waals surface area contributed by atoms with E-state index in [-0.39, 0.29) is 17.7 Å². The van der Waals surface area contributed by atoms with Crippen LogP contribution in [0.15, 0.2) is 35.4 Å². The third-order valence-electron chi connectivity index (χ3n) is 2.76. The van der Waals surface area contributed by atoms with E-state index in [1.54, 1.807) is 24.3 Å². The van der Waals surface area contributed by atoms with Crippen molar-refractivity contribution in [2.75, 3.05) is 0 Å². The zero-order chi connectivity index (χ0) is 14.4. The Morgan fingerprint density at radius 2 is 1.79 bits per heavy atom. The van der Waals surface area contributed by atoms with Gasteiger partial charge in [0.05, 0.1) is 11.6 Å². The lowest BCUT2D eigenvalue weighted by molar-refractivity contribution is -0.133. The molecule has 0 aliphatic heterocycles. The number of nitriles is 1. The minimum atomic E-state index is -1.11. The van der Waals surface area contributed by atoms with Crippen LogP contribution in [0.2, 0.25) is 0 Å². The molecule has 1 aromatic carbocycles. The molecule has 0 bridgehead atoms. The number of amides is 1. The van der Waals surface area contributed by atoms with Gasteiger partial charge >= 0.3 is 5.97 Å². The fourth-order valence-electron chi connectivity index (χ4n) is 1.34. The first-order valence-corrected chi connectivity index (χ1v) is 5.63. The van der Waals surface area contributed by atoms with Crippen molar-refractivity contribution in [3.63, 3.8) is 0 Å². The summed E-state index contributed by atoms with van der Waals surface area (Å²) in [6, 6.07) is 8.80. The van der Waals surface area contributed by atoms with Crippen LogP contribution >= 0.6 is 0 Å². The molecule has 19 heavy (non-hydrogen) atoms. The first-order chi connectivity index (χ1) is 8.95. The Kier molecular flexibility index (Phi) is 4.84. The molecule has 2 N–H and O–H groups in total. The molecule has 0 unspecified atom stereocenters. The SMILES string of the molecule is CC(C(=O)O)=C(C)C(=O)NCc1ccc(C#N)cc1. The predicted octanol–water partition coefficient (Wildman–Crippen LogP) is 1.60. The highest BCUT2D eigenvalue weighted by Crippen LogP contribution is 2.06. The molecule has 1 amide bonds. The molecule has 0 saturated carbocycles. The van der Waals surface area contributed by atoms with Crippen molar-refractivity contribution in [1.29, 1.82) is 5.26 Å². The number of carboxylic acids is 1. The molecular formula is C14H14N2O3. The van der Waals surface area contributed by atoms with E-state index in [1.807, 2.05) is 6.07 Å². The smallest absolute Gasteiger partial charge is 0.331 e. The van der Waals surface area contributed by atoms with E-state index in [4.69, 9.17) is 10.4 Å². The first-order valence-electron chi connectivity index (χ1n) is 5.63. The summed E-state index contributed by atoms with van der Waals surface area (Å²) in [4.78, 5) is 22.4. The molecule has 0 heterocycles. The highest BCUT2D eigenvalue weighted by Gasteiger charge is 2.12. The van der Waals surface area contributed by atoms with Crippen molar-refractivity contribution < 1.29 is 14.7 Å². The minimum absolute atomic E-state index is 0.0253. The Hall–Kier alpha value is -2.61. The summed E-state index contributed by atoms with van der Waals surface area (Å²) in [7, 11) is 0. The number of aliphatic carboxylic acids is 1. The van der Waals surface area contributed by atoms with Crippen molar-refractivity contribution in [2.24, 2.45) is 0 Å². The number of hydrogen-bond acceptors (Lipinski definition) is 3. The highest BCUT2D eigenvalue weighted by atomic mass is 16.4. The summed E-state index contributed by atoms with van der Waals surface area (Å²) in [5, 5.41) is 20.1. The lowest BCUT2D eigenvalue weighted by Crippen LogP contribution is -2.25. The molecule has 5 nitrogen and oxygen atoms in total. The molecule has 5 heteroatoms. The molecule has 0 atom stereocenters. The molecule has 1 rings (SSSR count). The Labute approximate surface area is 111 Å². The maximum atomic E-state index is 11.7. The zero-order valence-corrected chi connectivity index (χ0v) is 10.7. The fourth-order valence-corrected chi connectivity index (χ4v) is 1.34. The Morgan fingerprint density at radius 1 is 1.21 bits per heavy atom. The molecule has 0 fully saturated rings. The van der Waals surface area contributed by atoms with E-state index in [1.165, 1.54) is 13.8 Å². The summed E-state index contributed by atoms with van der Waals surface area (Å²) in [5.41, 5.74) is 1.60. The molecule has 0 radical (unpaired) electrons. The lowest BCUT2D eigenvalue weighted by atomic mass is 10.1. The van der Waals surface area contributed by atoms with Crippen molar-refractivity contribution in [1.82, 2.24) is 5.32 Å². The van der Waals surface area contributed by atoms with Crippen LogP contribution in [0.25, 0.3) is 0 Å².